The molecule has 0 aromatic carbocycles. The van der Waals surface area contributed by atoms with Crippen LogP contribution in [-0.4, -0.2) is 56.1 Å². The number of thiophene rings is 2. The first-order valence-corrected chi connectivity index (χ1v) is 9.93. The minimum Gasteiger partial charge on any atom is -0.379 e. The Bertz CT molecular complexity index is 667. The number of carbonyl (C=O) groups excluding carboxylic acids is 2. The van der Waals surface area contributed by atoms with E-state index in [0.29, 0.717) is 24.6 Å². The maximum atomic E-state index is 12.1. The summed E-state index contributed by atoms with van der Waals surface area (Å²) in [7, 11) is 0. The highest BCUT2D eigenvalue weighted by molar-refractivity contribution is 7.12. The van der Waals surface area contributed by atoms with Crippen LogP contribution in [0.5, 0.6) is 0 Å². The molecule has 2 aromatic rings. The average Bonchev–Trinajstić information content (AvgIpc) is 3.34. The Kier molecular flexibility index (Phi) is 6.57. The fourth-order valence-corrected chi connectivity index (χ4v) is 4.21. The second kappa shape index (κ2) is 9.10. The van der Waals surface area contributed by atoms with Crippen molar-refractivity contribution in [3.63, 3.8) is 0 Å². The standard InChI is InChI=1S/C17H21N3O3S2/c21-16(12-19-17(22)15-4-2-10-25-15)18-11-13(14-3-1-9-24-14)20-5-7-23-8-6-20/h1-4,9-10,13H,5-8,11-12H2,(H,18,21)(H,19,22). The zero-order valence-electron chi connectivity index (χ0n) is 13.8. The van der Waals surface area contributed by atoms with Crippen molar-refractivity contribution >= 4 is 34.5 Å². The van der Waals surface area contributed by atoms with Crippen LogP contribution in [-0.2, 0) is 9.53 Å². The van der Waals surface area contributed by atoms with Crippen LogP contribution in [0.3, 0.4) is 0 Å². The number of morpholine rings is 1. The fourth-order valence-electron chi connectivity index (χ4n) is 2.71. The molecule has 0 bridgehead atoms. The van der Waals surface area contributed by atoms with Crippen LogP contribution in [0, 0.1) is 0 Å². The molecule has 2 amide bonds. The van der Waals surface area contributed by atoms with E-state index in [1.165, 1.54) is 16.2 Å². The van der Waals surface area contributed by atoms with Crippen LogP contribution in [0.15, 0.2) is 35.0 Å². The first-order valence-electron chi connectivity index (χ1n) is 8.17. The Morgan fingerprint density at radius 2 is 1.88 bits per heavy atom. The molecule has 2 N–H and O–H groups in total. The van der Waals surface area contributed by atoms with Crippen LogP contribution in [0.4, 0.5) is 0 Å². The van der Waals surface area contributed by atoms with Gasteiger partial charge in [-0.1, -0.05) is 12.1 Å². The van der Waals surface area contributed by atoms with Crippen LogP contribution < -0.4 is 10.6 Å². The summed E-state index contributed by atoms with van der Waals surface area (Å²) < 4.78 is 5.42. The molecule has 134 valence electrons. The maximum absolute atomic E-state index is 12.1. The van der Waals surface area contributed by atoms with Gasteiger partial charge < -0.3 is 15.4 Å². The quantitative estimate of drug-likeness (QED) is 0.769. The molecule has 6 nitrogen and oxygen atoms in total. The van der Waals surface area contributed by atoms with Gasteiger partial charge in [-0.25, -0.2) is 0 Å². The van der Waals surface area contributed by atoms with E-state index in [9.17, 15) is 9.59 Å². The summed E-state index contributed by atoms with van der Waals surface area (Å²) in [6.45, 7) is 3.64. The van der Waals surface area contributed by atoms with Gasteiger partial charge in [-0.2, -0.15) is 0 Å². The van der Waals surface area contributed by atoms with E-state index in [1.54, 1.807) is 17.4 Å². The van der Waals surface area contributed by atoms with Gasteiger partial charge in [-0.05, 0) is 22.9 Å². The van der Waals surface area contributed by atoms with Crippen LogP contribution in [0.2, 0.25) is 0 Å². The Labute approximate surface area is 154 Å². The van der Waals surface area contributed by atoms with Crippen LogP contribution >= 0.6 is 22.7 Å². The van der Waals surface area contributed by atoms with Gasteiger partial charge in [-0.3, -0.25) is 14.5 Å². The zero-order chi connectivity index (χ0) is 17.5. The fraction of sp³-hybridized carbons (Fsp3) is 0.412. The molecule has 0 aliphatic carbocycles. The summed E-state index contributed by atoms with van der Waals surface area (Å²) in [5.74, 6) is -0.396. The summed E-state index contributed by atoms with van der Waals surface area (Å²) in [6.07, 6.45) is 0. The third-order valence-electron chi connectivity index (χ3n) is 4.01. The summed E-state index contributed by atoms with van der Waals surface area (Å²) in [6, 6.07) is 7.81. The van der Waals surface area contributed by atoms with Crippen LogP contribution in [0.1, 0.15) is 20.6 Å². The van der Waals surface area contributed by atoms with Gasteiger partial charge in [0.25, 0.3) is 5.91 Å². The number of nitrogens with zero attached hydrogens (tertiary/aromatic N) is 1. The third kappa shape index (κ3) is 5.12. The lowest BCUT2D eigenvalue weighted by molar-refractivity contribution is -0.120. The Hall–Kier alpha value is -1.74. The third-order valence-corrected chi connectivity index (χ3v) is 5.85. The molecule has 1 atom stereocenters. The highest BCUT2D eigenvalue weighted by Crippen LogP contribution is 2.25. The largest absolute Gasteiger partial charge is 0.379 e. The summed E-state index contributed by atoms with van der Waals surface area (Å²) in [5, 5.41) is 9.48. The first kappa shape index (κ1) is 18.1. The molecule has 1 unspecified atom stereocenters. The minimum atomic E-state index is -0.215. The lowest BCUT2D eigenvalue weighted by Gasteiger charge is -2.34. The molecule has 0 spiro atoms. The second-order valence-electron chi connectivity index (χ2n) is 5.64. The number of nitrogens with one attached hydrogen (secondary N) is 2. The van der Waals surface area contributed by atoms with E-state index in [1.807, 2.05) is 22.9 Å². The molecule has 25 heavy (non-hydrogen) atoms. The second-order valence-corrected chi connectivity index (χ2v) is 7.57. The van der Waals surface area contributed by atoms with Crippen molar-refractivity contribution in [3.05, 3.63) is 44.8 Å². The average molecular weight is 380 g/mol. The van der Waals surface area contributed by atoms with Crippen molar-refractivity contribution in [1.29, 1.82) is 0 Å². The summed E-state index contributed by atoms with van der Waals surface area (Å²) in [5.41, 5.74) is 0. The van der Waals surface area contributed by atoms with E-state index < -0.39 is 0 Å². The smallest absolute Gasteiger partial charge is 0.261 e. The molecule has 3 heterocycles. The molecule has 3 rings (SSSR count). The number of ether oxygens (including phenoxy) is 1. The molecule has 1 saturated heterocycles. The van der Waals surface area contributed by atoms with Gasteiger partial charge >= 0.3 is 0 Å². The van der Waals surface area contributed by atoms with Gasteiger partial charge in [0.1, 0.15) is 0 Å². The highest BCUT2D eigenvalue weighted by atomic mass is 32.1. The molecule has 8 heteroatoms. The SMILES string of the molecule is O=C(CNC(=O)c1cccs1)NCC(c1cccs1)N1CCOCC1. The summed E-state index contributed by atoms with van der Waals surface area (Å²) in [4.78, 5) is 28.2. The monoisotopic (exact) mass is 379 g/mol. The van der Waals surface area contributed by atoms with Crippen molar-refractivity contribution in [2.45, 2.75) is 6.04 Å². The normalized spacial score (nSPS) is 16.3. The van der Waals surface area contributed by atoms with Gasteiger partial charge in [0, 0.05) is 24.5 Å². The van der Waals surface area contributed by atoms with E-state index in [2.05, 4.69) is 21.6 Å². The van der Waals surface area contributed by atoms with Gasteiger partial charge in [0.2, 0.25) is 5.91 Å². The molecule has 2 aromatic heterocycles. The van der Waals surface area contributed by atoms with Gasteiger partial charge in [0.05, 0.1) is 30.7 Å². The number of amides is 2. The predicted octanol–water partition coefficient (Wildman–Crippen LogP) is 1.73. The Morgan fingerprint density at radius 3 is 2.56 bits per heavy atom. The van der Waals surface area contributed by atoms with Crippen LogP contribution in [0.25, 0.3) is 0 Å². The van der Waals surface area contributed by atoms with Crippen molar-refractivity contribution in [2.75, 3.05) is 39.4 Å². The molecule has 1 aliphatic rings. The summed E-state index contributed by atoms with van der Waals surface area (Å²) >= 11 is 3.05. The van der Waals surface area contributed by atoms with Crippen molar-refractivity contribution < 1.29 is 14.3 Å². The predicted molar refractivity (Wildman–Crippen MR) is 99.1 cm³/mol. The minimum absolute atomic E-state index is 0.0169. The van der Waals surface area contributed by atoms with E-state index in [4.69, 9.17) is 4.74 Å². The van der Waals surface area contributed by atoms with Crippen molar-refractivity contribution in [3.8, 4) is 0 Å². The van der Waals surface area contributed by atoms with Crippen molar-refractivity contribution in [2.24, 2.45) is 0 Å². The molecular formula is C17H21N3O3S2. The number of rotatable bonds is 7. The molecule has 1 aliphatic heterocycles. The Morgan fingerprint density at radius 1 is 1.12 bits per heavy atom. The molecule has 1 fully saturated rings. The molecule has 0 radical (unpaired) electrons. The van der Waals surface area contributed by atoms with Gasteiger partial charge in [-0.15, -0.1) is 22.7 Å². The molecule has 0 saturated carbocycles. The maximum Gasteiger partial charge on any atom is 0.261 e. The Balaban J connectivity index is 1.50. The zero-order valence-corrected chi connectivity index (χ0v) is 15.4. The van der Waals surface area contributed by atoms with Crippen molar-refractivity contribution in [1.82, 2.24) is 15.5 Å². The highest BCUT2D eigenvalue weighted by Gasteiger charge is 2.24. The molecular weight excluding hydrogens is 358 g/mol. The van der Waals surface area contributed by atoms with E-state index in [-0.39, 0.29) is 24.4 Å². The number of hydrogen-bond acceptors (Lipinski definition) is 6. The topological polar surface area (TPSA) is 70.7 Å². The lowest BCUT2D eigenvalue weighted by atomic mass is 10.2. The van der Waals surface area contributed by atoms with E-state index in [0.717, 1.165) is 13.1 Å². The van der Waals surface area contributed by atoms with Gasteiger partial charge in [0.15, 0.2) is 0 Å². The first-order chi connectivity index (χ1) is 12.2. The number of hydrogen-bond donors (Lipinski definition) is 2. The lowest BCUT2D eigenvalue weighted by Crippen LogP contribution is -2.45. The number of carbonyl (C=O) groups is 2. The van der Waals surface area contributed by atoms with E-state index >= 15 is 0 Å².